The second-order valence-corrected chi connectivity index (χ2v) is 6.04. The largest absolute Gasteiger partial charge is 0.331 e. The highest BCUT2D eigenvalue weighted by atomic mass is 15.1. The SMILES string of the molecule is CCNC(Cc1nc2ccccc2n1C)C1(C)CC1. The molecule has 0 spiro atoms. The van der Waals surface area contributed by atoms with Crippen LogP contribution in [0.2, 0.25) is 0 Å². The van der Waals surface area contributed by atoms with Crippen molar-refractivity contribution < 1.29 is 0 Å². The Balaban J connectivity index is 1.89. The quantitative estimate of drug-likeness (QED) is 0.892. The van der Waals surface area contributed by atoms with Crippen molar-refractivity contribution in [3.8, 4) is 0 Å². The van der Waals surface area contributed by atoms with Gasteiger partial charge in [-0.25, -0.2) is 4.98 Å². The van der Waals surface area contributed by atoms with Crippen molar-refractivity contribution in [1.82, 2.24) is 14.9 Å². The highest BCUT2D eigenvalue weighted by molar-refractivity contribution is 5.75. The number of likely N-dealkylation sites (N-methyl/N-ethyl adjacent to an activating group) is 1. The van der Waals surface area contributed by atoms with Crippen molar-refractivity contribution in [2.45, 2.75) is 39.2 Å². The van der Waals surface area contributed by atoms with Gasteiger partial charge in [0.05, 0.1) is 11.0 Å². The van der Waals surface area contributed by atoms with Crippen LogP contribution in [-0.2, 0) is 13.5 Å². The third-order valence-electron chi connectivity index (χ3n) is 4.60. The van der Waals surface area contributed by atoms with E-state index < -0.39 is 0 Å². The third kappa shape index (κ3) is 2.27. The van der Waals surface area contributed by atoms with Crippen molar-refractivity contribution in [1.29, 1.82) is 0 Å². The molecule has 102 valence electrons. The number of para-hydroxylation sites is 2. The van der Waals surface area contributed by atoms with Gasteiger partial charge in [0.1, 0.15) is 5.82 Å². The van der Waals surface area contributed by atoms with Crippen LogP contribution in [-0.4, -0.2) is 22.1 Å². The summed E-state index contributed by atoms with van der Waals surface area (Å²) < 4.78 is 2.24. The Morgan fingerprint density at radius 2 is 2.11 bits per heavy atom. The van der Waals surface area contributed by atoms with Gasteiger partial charge in [-0.1, -0.05) is 26.0 Å². The highest BCUT2D eigenvalue weighted by Gasteiger charge is 2.44. The molecule has 1 saturated carbocycles. The second-order valence-electron chi connectivity index (χ2n) is 6.04. The Kier molecular flexibility index (Phi) is 3.09. The molecule has 1 heterocycles. The Labute approximate surface area is 115 Å². The molecular weight excluding hydrogens is 234 g/mol. The average molecular weight is 257 g/mol. The maximum absolute atomic E-state index is 4.80. The lowest BCUT2D eigenvalue weighted by molar-refractivity contribution is 0.353. The van der Waals surface area contributed by atoms with Crippen LogP contribution >= 0.6 is 0 Å². The van der Waals surface area contributed by atoms with Crippen LogP contribution in [0, 0.1) is 5.41 Å². The molecule has 1 aliphatic carbocycles. The van der Waals surface area contributed by atoms with E-state index in [2.05, 4.69) is 55.0 Å². The molecule has 3 rings (SSSR count). The summed E-state index contributed by atoms with van der Waals surface area (Å²) in [5, 5.41) is 3.65. The molecule has 1 atom stereocenters. The minimum Gasteiger partial charge on any atom is -0.331 e. The minimum absolute atomic E-state index is 0.480. The zero-order valence-corrected chi connectivity index (χ0v) is 12.1. The molecule has 1 aliphatic rings. The van der Waals surface area contributed by atoms with Crippen molar-refractivity contribution in [2.24, 2.45) is 12.5 Å². The van der Waals surface area contributed by atoms with Gasteiger partial charge in [-0.3, -0.25) is 0 Å². The number of aromatic nitrogens is 2. The number of nitrogens with one attached hydrogen (secondary N) is 1. The molecule has 1 fully saturated rings. The number of aryl methyl sites for hydroxylation is 1. The summed E-state index contributed by atoms with van der Waals surface area (Å²) in [6, 6.07) is 8.93. The molecule has 0 amide bonds. The van der Waals surface area contributed by atoms with E-state index in [1.54, 1.807) is 0 Å². The molecule has 0 saturated heterocycles. The Morgan fingerprint density at radius 3 is 2.74 bits per heavy atom. The number of rotatable bonds is 5. The molecule has 0 radical (unpaired) electrons. The number of nitrogens with zero attached hydrogens (tertiary/aromatic N) is 2. The predicted molar refractivity (Wildman–Crippen MR) is 79.2 cm³/mol. The number of hydrogen-bond acceptors (Lipinski definition) is 2. The number of hydrogen-bond donors (Lipinski definition) is 1. The summed E-state index contributed by atoms with van der Waals surface area (Å²) in [6.07, 6.45) is 3.71. The first-order valence-corrected chi connectivity index (χ1v) is 7.28. The molecule has 3 heteroatoms. The summed E-state index contributed by atoms with van der Waals surface area (Å²) in [4.78, 5) is 4.80. The van der Waals surface area contributed by atoms with Gasteiger partial charge in [-0.2, -0.15) is 0 Å². The van der Waals surface area contributed by atoms with Crippen molar-refractivity contribution in [2.75, 3.05) is 6.54 Å². The lowest BCUT2D eigenvalue weighted by atomic mass is 9.95. The first-order chi connectivity index (χ1) is 9.14. The molecule has 2 aromatic rings. The summed E-state index contributed by atoms with van der Waals surface area (Å²) >= 11 is 0. The lowest BCUT2D eigenvalue weighted by Gasteiger charge is -2.24. The predicted octanol–water partition coefficient (Wildman–Crippen LogP) is 2.89. The van der Waals surface area contributed by atoms with Gasteiger partial charge in [-0.05, 0) is 36.9 Å². The third-order valence-corrected chi connectivity index (χ3v) is 4.60. The van der Waals surface area contributed by atoms with E-state index in [4.69, 9.17) is 4.98 Å². The van der Waals surface area contributed by atoms with Crippen LogP contribution in [0.3, 0.4) is 0 Å². The van der Waals surface area contributed by atoms with Crippen LogP contribution in [0.4, 0.5) is 0 Å². The van der Waals surface area contributed by atoms with Gasteiger partial charge >= 0.3 is 0 Å². The Morgan fingerprint density at radius 1 is 1.37 bits per heavy atom. The maximum atomic E-state index is 4.80. The molecule has 0 aliphatic heterocycles. The standard InChI is InChI=1S/C16H23N3/c1-4-17-14(16(2)9-10-16)11-15-18-12-7-5-6-8-13(12)19(15)3/h5-8,14,17H,4,9-11H2,1-3H3. The van der Waals surface area contributed by atoms with Crippen LogP contribution in [0.5, 0.6) is 0 Å². The molecule has 1 N–H and O–H groups in total. The van der Waals surface area contributed by atoms with Gasteiger partial charge in [0.2, 0.25) is 0 Å². The Bertz CT molecular complexity index is 581. The molecule has 1 aromatic heterocycles. The normalized spacial score (nSPS) is 18.7. The molecule has 0 bridgehead atoms. The zero-order chi connectivity index (χ0) is 13.5. The van der Waals surface area contributed by atoms with Crippen molar-refractivity contribution >= 4 is 11.0 Å². The summed E-state index contributed by atoms with van der Waals surface area (Å²) in [7, 11) is 2.13. The fraction of sp³-hybridized carbons (Fsp3) is 0.562. The van der Waals surface area contributed by atoms with Gasteiger partial charge in [0.25, 0.3) is 0 Å². The summed E-state index contributed by atoms with van der Waals surface area (Å²) in [5.41, 5.74) is 2.82. The summed E-state index contributed by atoms with van der Waals surface area (Å²) in [6.45, 7) is 5.61. The minimum atomic E-state index is 0.480. The van der Waals surface area contributed by atoms with E-state index in [1.165, 1.54) is 24.2 Å². The maximum Gasteiger partial charge on any atom is 0.111 e. The average Bonchev–Trinajstić information content (AvgIpc) is 3.08. The lowest BCUT2D eigenvalue weighted by Crippen LogP contribution is -2.38. The molecular formula is C16H23N3. The second kappa shape index (κ2) is 4.64. The smallest absolute Gasteiger partial charge is 0.111 e. The van der Waals surface area contributed by atoms with Gasteiger partial charge in [0.15, 0.2) is 0 Å². The van der Waals surface area contributed by atoms with Crippen molar-refractivity contribution in [3.05, 3.63) is 30.1 Å². The monoisotopic (exact) mass is 257 g/mol. The molecule has 1 unspecified atom stereocenters. The van der Waals surface area contributed by atoms with Crippen LogP contribution < -0.4 is 5.32 Å². The van der Waals surface area contributed by atoms with Crippen LogP contribution in [0.25, 0.3) is 11.0 Å². The van der Waals surface area contributed by atoms with E-state index in [0.29, 0.717) is 11.5 Å². The van der Waals surface area contributed by atoms with E-state index in [1.807, 2.05) is 0 Å². The number of imidazole rings is 1. The van der Waals surface area contributed by atoms with E-state index in [0.717, 1.165) is 18.5 Å². The van der Waals surface area contributed by atoms with Gasteiger partial charge in [-0.15, -0.1) is 0 Å². The van der Waals surface area contributed by atoms with Crippen LogP contribution in [0.15, 0.2) is 24.3 Å². The van der Waals surface area contributed by atoms with Gasteiger partial charge in [0, 0.05) is 19.5 Å². The van der Waals surface area contributed by atoms with E-state index in [-0.39, 0.29) is 0 Å². The first kappa shape index (κ1) is 12.7. The molecule has 19 heavy (non-hydrogen) atoms. The van der Waals surface area contributed by atoms with Crippen molar-refractivity contribution in [3.63, 3.8) is 0 Å². The first-order valence-electron chi connectivity index (χ1n) is 7.28. The topological polar surface area (TPSA) is 29.9 Å². The fourth-order valence-electron chi connectivity index (χ4n) is 2.92. The highest BCUT2D eigenvalue weighted by Crippen LogP contribution is 2.48. The van der Waals surface area contributed by atoms with E-state index >= 15 is 0 Å². The summed E-state index contributed by atoms with van der Waals surface area (Å²) in [5.74, 6) is 1.19. The Hall–Kier alpha value is -1.35. The zero-order valence-electron chi connectivity index (χ0n) is 12.1. The number of fused-ring (bicyclic) bond motifs is 1. The number of benzene rings is 1. The molecule has 1 aromatic carbocycles. The van der Waals surface area contributed by atoms with Gasteiger partial charge < -0.3 is 9.88 Å². The van der Waals surface area contributed by atoms with E-state index in [9.17, 15) is 0 Å². The van der Waals surface area contributed by atoms with Crippen LogP contribution in [0.1, 0.15) is 32.5 Å². The fourth-order valence-corrected chi connectivity index (χ4v) is 2.92. The molecule has 3 nitrogen and oxygen atoms in total.